The zero-order valence-electron chi connectivity index (χ0n) is 10.6. The Morgan fingerprint density at radius 3 is 2.47 bits per heavy atom. The van der Waals surface area contributed by atoms with Crippen LogP contribution in [-0.4, -0.2) is 31.0 Å². The van der Waals surface area contributed by atoms with Crippen LogP contribution < -0.4 is 9.47 Å². The smallest absolute Gasteiger partial charge is 0.125 e. The molecule has 0 aliphatic heterocycles. The first-order valence-corrected chi connectivity index (χ1v) is 5.61. The highest BCUT2D eigenvalue weighted by atomic mass is 16.5. The third-order valence-electron chi connectivity index (χ3n) is 2.81. The molecule has 0 bridgehead atoms. The lowest BCUT2D eigenvalue weighted by Crippen LogP contribution is -2.22. The van der Waals surface area contributed by atoms with Crippen LogP contribution in [0.4, 0.5) is 0 Å². The van der Waals surface area contributed by atoms with Crippen LogP contribution in [0.25, 0.3) is 0 Å². The minimum atomic E-state index is -1.04. The number of aliphatic hydroxyl groups is 2. The Kier molecular flexibility index (Phi) is 4.78. The molecular formula is C13H20O4. The molecule has 0 aromatic heterocycles. The maximum atomic E-state index is 10.4. The summed E-state index contributed by atoms with van der Waals surface area (Å²) in [5, 5.41) is 19.2. The van der Waals surface area contributed by atoms with Gasteiger partial charge in [0, 0.05) is 12.2 Å². The summed E-state index contributed by atoms with van der Waals surface area (Å²) in [6.07, 6.45) is 1.00. The Balaban J connectivity index is 3.07. The van der Waals surface area contributed by atoms with Crippen molar-refractivity contribution in [3.8, 4) is 11.5 Å². The molecule has 2 N–H and O–H groups in total. The minimum Gasteiger partial charge on any atom is -0.497 e. The normalized spacial score (nSPS) is 14.2. The van der Waals surface area contributed by atoms with Gasteiger partial charge in [-0.2, -0.15) is 0 Å². The van der Waals surface area contributed by atoms with Crippen LogP contribution in [0.3, 0.4) is 0 Å². The number of aliphatic hydroxyl groups excluding tert-OH is 1. The van der Waals surface area contributed by atoms with Crippen LogP contribution >= 0.6 is 0 Å². The molecule has 0 fully saturated rings. The topological polar surface area (TPSA) is 58.9 Å². The van der Waals surface area contributed by atoms with Gasteiger partial charge in [0.1, 0.15) is 11.5 Å². The summed E-state index contributed by atoms with van der Waals surface area (Å²) in [7, 11) is 3.14. The van der Waals surface area contributed by atoms with Crippen molar-refractivity contribution in [2.75, 3.05) is 20.8 Å². The van der Waals surface area contributed by atoms with Crippen molar-refractivity contribution in [3.63, 3.8) is 0 Å². The molecule has 1 unspecified atom stereocenters. The Morgan fingerprint density at radius 1 is 1.24 bits per heavy atom. The standard InChI is InChI=1S/C13H20O4/c1-13(15,7-4-8-14)11-9-10(16-2)5-6-12(11)17-3/h5-6,9,14-15H,4,7-8H2,1-3H3. The van der Waals surface area contributed by atoms with E-state index in [4.69, 9.17) is 14.6 Å². The lowest BCUT2D eigenvalue weighted by atomic mass is 9.90. The monoisotopic (exact) mass is 240 g/mol. The fourth-order valence-corrected chi connectivity index (χ4v) is 1.79. The quantitative estimate of drug-likeness (QED) is 0.794. The maximum Gasteiger partial charge on any atom is 0.125 e. The van der Waals surface area contributed by atoms with E-state index in [1.54, 1.807) is 39.3 Å². The van der Waals surface area contributed by atoms with Crippen LogP contribution in [0.1, 0.15) is 25.3 Å². The summed E-state index contributed by atoms with van der Waals surface area (Å²) >= 11 is 0. The molecule has 1 rings (SSSR count). The van der Waals surface area contributed by atoms with Gasteiger partial charge < -0.3 is 19.7 Å². The third-order valence-corrected chi connectivity index (χ3v) is 2.81. The highest BCUT2D eigenvalue weighted by Gasteiger charge is 2.26. The second-order valence-corrected chi connectivity index (χ2v) is 4.17. The van der Waals surface area contributed by atoms with E-state index in [0.717, 1.165) is 0 Å². The highest BCUT2D eigenvalue weighted by molar-refractivity contribution is 5.43. The van der Waals surface area contributed by atoms with Gasteiger partial charge in [-0.3, -0.25) is 0 Å². The molecule has 0 radical (unpaired) electrons. The van der Waals surface area contributed by atoms with Crippen LogP contribution in [0.15, 0.2) is 18.2 Å². The van der Waals surface area contributed by atoms with E-state index in [9.17, 15) is 5.11 Å². The minimum absolute atomic E-state index is 0.0580. The van der Waals surface area contributed by atoms with E-state index >= 15 is 0 Å². The van der Waals surface area contributed by atoms with Gasteiger partial charge >= 0.3 is 0 Å². The van der Waals surface area contributed by atoms with Crippen LogP contribution in [0.2, 0.25) is 0 Å². The van der Waals surface area contributed by atoms with Crippen molar-refractivity contribution in [2.45, 2.75) is 25.4 Å². The van der Waals surface area contributed by atoms with Gasteiger partial charge in [-0.25, -0.2) is 0 Å². The lowest BCUT2D eigenvalue weighted by molar-refractivity contribution is 0.0378. The number of methoxy groups -OCH3 is 2. The summed E-state index contributed by atoms with van der Waals surface area (Å²) < 4.78 is 10.4. The zero-order valence-corrected chi connectivity index (χ0v) is 10.6. The van der Waals surface area contributed by atoms with Crippen molar-refractivity contribution in [1.29, 1.82) is 0 Å². The second kappa shape index (κ2) is 5.89. The van der Waals surface area contributed by atoms with E-state index < -0.39 is 5.60 Å². The molecule has 1 aromatic rings. The summed E-state index contributed by atoms with van der Waals surface area (Å²) in [5.74, 6) is 1.29. The molecule has 4 heteroatoms. The molecule has 1 atom stereocenters. The summed E-state index contributed by atoms with van der Waals surface area (Å²) in [6.45, 7) is 1.77. The van der Waals surface area contributed by atoms with Crippen molar-refractivity contribution >= 4 is 0 Å². The van der Waals surface area contributed by atoms with E-state index in [0.29, 0.717) is 29.9 Å². The molecule has 0 amide bonds. The van der Waals surface area contributed by atoms with Crippen LogP contribution in [0, 0.1) is 0 Å². The fraction of sp³-hybridized carbons (Fsp3) is 0.538. The number of ether oxygens (including phenoxy) is 2. The number of benzene rings is 1. The Morgan fingerprint density at radius 2 is 1.94 bits per heavy atom. The second-order valence-electron chi connectivity index (χ2n) is 4.17. The SMILES string of the molecule is COc1ccc(OC)c(C(C)(O)CCCO)c1. The van der Waals surface area contributed by atoms with Crippen LogP contribution in [-0.2, 0) is 5.60 Å². The van der Waals surface area contributed by atoms with E-state index in [1.165, 1.54) is 0 Å². The largest absolute Gasteiger partial charge is 0.497 e. The predicted molar refractivity (Wildman–Crippen MR) is 65.4 cm³/mol. The van der Waals surface area contributed by atoms with E-state index in [2.05, 4.69) is 0 Å². The molecule has 0 aliphatic carbocycles. The fourth-order valence-electron chi connectivity index (χ4n) is 1.79. The van der Waals surface area contributed by atoms with Crippen molar-refractivity contribution in [2.24, 2.45) is 0 Å². The molecule has 0 saturated heterocycles. The number of rotatable bonds is 6. The van der Waals surface area contributed by atoms with Gasteiger partial charge in [0.05, 0.1) is 19.8 Å². The molecule has 0 aliphatic rings. The average molecular weight is 240 g/mol. The molecule has 0 spiro atoms. The molecular weight excluding hydrogens is 220 g/mol. The van der Waals surface area contributed by atoms with Gasteiger partial charge in [0.15, 0.2) is 0 Å². The Bertz CT molecular complexity index is 360. The predicted octanol–water partition coefficient (Wildman–Crippen LogP) is 1.68. The molecule has 17 heavy (non-hydrogen) atoms. The Labute approximate surface area is 102 Å². The zero-order chi connectivity index (χ0) is 12.9. The lowest BCUT2D eigenvalue weighted by Gasteiger charge is -2.26. The van der Waals surface area contributed by atoms with Crippen molar-refractivity contribution < 1.29 is 19.7 Å². The average Bonchev–Trinajstić information content (AvgIpc) is 2.35. The first-order valence-electron chi connectivity index (χ1n) is 5.61. The van der Waals surface area contributed by atoms with Gasteiger partial charge in [0.25, 0.3) is 0 Å². The maximum absolute atomic E-state index is 10.4. The van der Waals surface area contributed by atoms with Gasteiger partial charge in [0.2, 0.25) is 0 Å². The third kappa shape index (κ3) is 3.35. The van der Waals surface area contributed by atoms with Crippen molar-refractivity contribution in [3.05, 3.63) is 23.8 Å². The highest BCUT2D eigenvalue weighted by Crippen LogP contribution is 2.35. The molecule has 4 nitrogen and oxygen atoms in total. The molecule has 0 heterocycles. The van der Waals surface area contributed by atoms with Gasteiger partial charge in [-0.05, 0) is 38.0 Å². The van der Waals surface area contributed by atoms with Gasteiger partial charge in [-0.15, -0.1) is 0 Å². The van der Waals surface area contributed by atoms with E-state index in [1.807, 2.05) is 0 Å². The molecule has 1 aromatic carbocycles. The first kappa shape index (κ1) is 13.8. The summed E-state index contributed by atoms with van der Waals surface area (Å²) in [4.78, 5) is 0. The van der Waals surface area contributed by atoms with Crippen LogP contribution in [0.5, 0.6) is 11.5 Å². The summed E-state index contributed by atoms with van der Waals surface area (Å²) in [6, 6.07) is 5.31. The van der Waals surface area contributed by atoms with E-state index in [-0.39, 0.29) is 6.61 Å². The van der Waals surface area contributed by atoms with Crippen molar-refractivity contribution in [1.82, 2.24) is 0 Å². The number of hydrogen-bond acceptors (Lipinski definition) is 4. The molecule has 96 valence electrons. The number of hydrogen-bond donors (Lipinski definition) is 2. The van der Waals surface area contributed by atoms with Gasteiger partial charge in [-0.1, -0.05) is 0 Å². The summed E-state index contributed by atoms with van der Waals surface area (Å²) in [5.41, 5.74) is -0.365. The molecule has 0 saturated carbocycles. The first-order chi connectivity index (χ1) is 8.05. The Hall–Kier alpha value is -1.26.